The van der Waals surface area contributed by atoms with Crippen LogP contribution in [0.3, 0.4) is 0 Å². The Labute approximate surface area is 108 Å². The van der Waals surface area contributed by atoms with Crippen LogP contribution in [-0.2, 0) is 10.0 Å². The van der Waals surface area contributed by atoms with Crippen molar-refractivity contribution < 1.29 is 26.4 Å². The van der Waals surface area contributed by atoms with Crippen molar-refractivity contribution in [2.24, 2.45) is 0 Å². The van der Waals surface area contributed by atoms with E-state index in [2.05, 4.69) is 5.32 Å². The minimum Gasteiger partial charge on any atom is -0.355 e. The zero-order valence-electron chi connectivity index (χ0n) is 9.08. The van der Waals surface area contributed by atoms with Crippen LogP contribution in [0.25, 0.3) is 0 Å². The molecule has 19 heavy (non-hydrogen) atoms. The molecule has 0 heterocycles. The lowest BCUT2D eigenvalue weighted by molar-refractivity contribution is -0.0429. The van der Waals surface area contributed by atoms with Gasteiger partial charge in [-0.1, -0.05) is 19.6 Å². The van der Waals surface area contributed by atoms with Crippen LogP contribution in [0.2, 0.25) is 0 Å². The molecule has 0 bridgehead atoms. The maximum atomic E-state index is 12.2. The Morgan fingerprint density at radius 2 is 1.74 bits per heavy atom. The second-order valence-corrected chi connectivity index (χ2v) is 4.85. The van der Waals surface area contributed by atoms with E-state index < -0.39 is 27.1 Å². The van der Waals surface area contributed by atoms with Crippen LogP contribution >= 0.6 is 0 Å². The van der Waals surface area contributed by atoms with Crippen LogP contribution in [0.15, 0.2) is 24.3 Å². The standard InChI is InChI=1S/C9H9F3N2O3S.CH4/c1-13-8(15)6-4-2-3-5-7(6)14-18(16,17)9(10,11)12;/h2-5,14H,1H3,(H,13,15);1H4. The zero-order chi connectivity index (χ0) is 14.0. The van der Waals surface area contributed by atoms with Gasteiger partial charge in [0.25, 0.3) is 5.91 Å². The number of carbonyl (C=O) groups excluding carboxylic acids is 1. The Kier molecular flexibility index (Phi) is 5.36. The van der Waals surface area contributed by atoms with Crippen molar-refractivity contribution in [2.75, 3.05) is 11.8 Å². The summed E-state index contributed by atoms with van der Waals surface area (Å²) >= 11 is 0. The van der Waals surface area contributed by atoms with E-state index in [0.717, 1.165) is 6.07 Å². The molecule has 5 nitrogen and oxygen atoms in total. The summed E-state index contributed by atoms with van der Waals surface area (Å²) < 4.78 is 59.7. The Balaban J connectivity index is 0.00000324. The molecule has 1 rings (SSSR count). The fourth-order valence-electron chi connectivity index (χ4n) is 1.11. The molecule has 1 aromatic carbocycles. The Morgan fingerprint density at radius 3 is 2.21 bits per heavy atom. The number of rotatable bonds is 3. The first kappa shape index (κ1) is 17.2. The minimum absolute atomic E-state index is 0. The van der Waals surface area contributed by atoms with Crippen molar-refractivity contribution in [3.05, 3.63) is 29.8 Å². The van der Waals surface area contributed by atoms with E-state index in [-0.39, 0.29) is 13.0 Å². The molecule has 0 aliphatic heterocycles. The summed E-state index contributed by atoms with van der Waals surface area (Å²) in [4.78, 5) is 11.3. The predicted molar refractivity (Wildman–Crippen MR) is 65.2 cm³/mol. The number of alkyl halides is 3. The Hall–Kier alpha value is -1.77. The molecule has 0 atom stereocenters. The van der Waals surface area contributed by atoms with Gasteiger partial charge in [0.15, 0.2) is 0 Å². The molecule has 0 aromatic heterocycles. The summed E-state index contributed by atoms with van der Waals surface area (Å²) in [5.41, 5.74) is -6.08. The van der Waals surface area contributed by atoms with E-state index in [9.17, 15) is 26.4 Å². The van der Waals surface area contributed by atoms with Crippen LogP contribution in [-0.4, -0.2) is 26.9 Å². The first-order chi connectivity index (χ1) is 8.19. The van der Waals surface area contributed by atoms with Crippen LogP contribution < -0.4 is 10.0 Å². The number of para-hydroxylation sites is 1. The summed E-state index contributed by atoms with van der Waals surface area (Å²) in [7, 11) is -4.27. The second-order valence-electron chi connectivity index (χ2n) is 3.18. The van der Waals surface area contributed by atoms with Gasteiger partial charge in [0.2, 0.25) is 0 Å². The third-order valence-electron chi connectivity index (χ3n) is 1.95. The lowest BCUT2D eigenvalue weighted by atomic mass is 10.2. The number of halogens is 3. The highest BCUT2D eigenvalue weighted by molar-refractivity contribution is 7.93. The highest BCUT2D eigenvalue weighted by atomic mass is 32.2. The van der Waals surface area contributed by atoms with Gasteiger partial charge in [-0.2, -0.15) is 21.6 Å². The van der Waals surface area contributed by atoms with Crippen molar-refractivity contribution in [1.82, 2.24) is 5.32 Å². The van der Waals surface area contributed by atoms with Gasteiger partial charge in [0, 0.05) is 7.05 Å². The highest BCUT2D eigenvalue weighted by Crippen LogP contribution is 2.26. The molecule has 108 valence electrons. The highest BCUT2D eigenvalue weighted by Gasteiger charge is 2.46. The lowest BCUT2D eigenvalue weighted by Gasteiger charge is -2.13. The molecule has 1 amide bonds. The van der Waals surface area contributed by atoms with E-state index in [1.54, 1.807) is 0 Å². The molecule has 1 aromatic rings. The molecule has 0 aliphatic rings. The number of hydrogen-bond acceptors (Lipinski definition) is 3. The molecular weight excluding hydrogens is 285 g/mol. The van der Waals surface area contributed by atoms with Crippen molar-refractivity contribution >= 4 is 21.6 Å². The van der Waals surface area contributed by atoms with Gasteiger partial charge in [-0.25, -0.2) is 0 Å². The Bertz CT molecular complexity index is 555. The van der Waals surface area contributed by atoms with E-state index in [1.807, 2.05) is 0 Å². The van der Waals surface area contributed by atoms with Gasteiger partial charge in [-0.05, 0) is 12.1 Å². The summed E-state index contributed by atoms with van der Waals surface area (Å²) in [6.07, 6.45) is 0. The van der Waals surface area contributed by atoms with E-state index in [4.69, 9.17) is 0 Å². The number of benzene rings is 1. The molecule has 0 aliphatic carbocycles. The smallest absolute Gasteiger partial charge is 0.355 e. The topological polar surface area (TPSA) is 75.3 Å². The van der Waals surface area contributed by atoms with E-state index >= 15 is 0 Å². The van der Waals surface area contributed by atoms with Crippen molar-refractivity contribution in [2.45, 2.75) is 12.9 Å². The predicted octanol–water partition coefficient (Wildman–Crippen LogP) is 1.94. The molecule has 0 fully saturated rings. The fourth-order valence-corrected chi connectivity index (χ4v) is 1.69. The van der Waals surface area contributed by atoms with Crippen molar-refractivity contribution in [3.63, 3.8) is 0 Å². The molecule has 0 spiro atoms. The first-order valence-corrected chi connectivity index (χ1v) is 6.07. The quantitative estimate of drug-likeness (QED) is 0.895. The van der Waals surface area contributed by atoms with Gasteiger partial charge >= 0.3 is 15.5 Å². The molecule has 0 saturated carbocycles. The largest absolute Gasteiger partial charge is 0.516 e. The maximum Gasteiger partial charge on any atom is 0.516 e. The number of amides is 1. The SMILES string of the molecule is C.CNC(=O)c1ccccc1NS(=O)(=O)C(F)(F)F. The zero-order valence-corrected chi connectivity index (χ0v) is 9.89. The van der Waals surface area contributed by atoms with E-state index in [0.29, 0.717) is 0 Å². The van der Waals surface area contributed by atoms with Gasteiger partial charge < -0.3 is 5.32 Å². The van der Waals surface area contributed by atoms with Gasteiger partial charge in [-0.3, -0.25) is 9.52 Å². The van der Waals surface area contributed by atoms with Crippen LogP contribution in [0.1, 0.15) is 17.8 Å². The molecule has 0 unspecified atom stereocenters. The van der Waals surface area contributed by atoms with Crippen molar-refractivity contribution in [3.8, 4) is 0 Å². The van der Waals surface area contributed by atoms with Gasteiger partial charge in [-0.15, -0.1) is 0 Å². The minimum atomic E-state index is -5.55. The molecule has 9 heteroatoms. The summed E-state index contributed by atoms with van der Waals surface area (Å²) in [5.74, 6) is -0.699. The molecular formula is C10H13F3N2O3S. The number of sulfonamides is 1. The molecule has 2 N–H and O–H groups in total. The fraction of sp³-hybridized carbons (Fsp3) is 0.300. The third kappa shape index (κ3) is 3.85. The van der Waals surface area contributed by atoms with Crippen LogP contribution in [0.5, 0.6) is 0 Å². The lowest BCUT2D eigenvalue weighted by Crippen LogP contribution is -2.31. The van der Waals surface area contributed by atoms with E-state index in [1.165, 1.54) is 30.0 Å². The number of anilines is 1. The van der Waals surface area contributed by atoms with Gasteiger partial charge in [0.1, 0.15) is 0 Å². The Morgan fingerprint density at radius 1 is 1.21 bits per heavy atom. The number of nitrogens with one attached hydrogen (secondary N) is 2. The number of carbonyl (C=O) groups is 1. The molecule has 0 saturated heterocycles. The first-order valence-electron chi connectivity index (χ1n) is 4.59. The average Bonchev–Trinajstić information content (AvgIpc) is 2.26. The van der Waals surface area contributed by atoms with Crippen LogP contribution in [0.4, 0.5) is 18.9 Å². The van der Waals surface area contributed by atoms with Crippen molar-refractivity contribution in [1.29, 1.82) is 0 Å². The molecule has 0 radical (unpaired) electrons. The normalized spacial score (nSPS) is 11.4. The third-order valence-corrected chi connectivity index (χ3v) is 3.05. The summed E-state index contributed by atoms with van der Waals surface area (Å²) in [6, 6.07) is 4.97. The number of hydrogen-bond donors (Lipinski definition) is 2. The monoisotopic (exact) mass is 298 g/mol. The van der Waals surface area contributed by atoms with Gasteiger partial charge in [0.05, 0.1) is 11.3 Å². The summed E-state index contributed by atoms with van der Waals surface area (Å²) in [6.45, 7) is 0. The average molecular weight is 298 g/mol. The van der Waals surface area contributed by atoms with Crippen LogP contribution in [0, 0.1) is 0 Å². The second kappa shape index (κ2) is 5.91. The maximum absolute atomic E-state index is 12.2. The summed E-state index contributed by atoms with van der Waals surface area (Å²) in [5, 5.41) is 2.19.